The first-order valence-electron chi connectivity index (χ1n) is 11.3. The highest BCUT2D eigenvalue weighted by Gasteiger charge is 2.31. The van der Waals surface area contributed by atoms with Gasteiger partial charge in [-0.05, 0) is 49.7 Å². The molecule has 178 valence electrons. The van der Waals surface area contributed by atoms with Crippen LogP contribution in [0.2, 0.25) is 0 Å². The fraction of sp³-hybridized carbons (Fsp3) is 0.346. The Labute approximate surface area is 198 Å². The minimum absolute atomic E-state index is 0.0221. The number of fused-ring (bicyclic) bond motifs is 1. The van der Waals surface area contributed by atoms with Crippen LogP contribution in [0.5, 0.6) is 0 Å². The van der Waals surface area contributed by atoms with E-state index in [2.05, 4.69) is 9.88 Å². The van der Waals surface area contributed by atoms with Crippen LogP contribution in [0.4, 0.5) is 4.39 Å². The first-order valence-corrected chi connectivity index (χ1v) is 11.3. The van der Waals surface area contributed by atoms with E-state index < -0.39 is 11.7 Å². The molecule has 0 spiro atoms. The van der Waals surface area contributed by atoms with Crippen molar-refractivity contribution in [1.82, 2.24) is 19.7 Å². The average Bonchev–Trinajstić information content (AvgIpc) is 3.14. The maximum Gasteiger partial charge on any atom is 0.294 e. The smallest absolute Gasteiger partial charge is 0.294 e. The summed E-state index contributed by atoms with van der Waals surface area (Å²) >= 11 is 0. The Morgan fingerprint density at radius 2 is 1.79 bits per heavy atom. The van der Waals surface area contributed by atoms with Gasteiger partial charge in [0.05, 0.1) is 5.56 Å². The number of ketones is 1. The van der Waals surface area contributed by atoms with Gasteiger partial charge in [0.1, 0.15) is 5.82 Å². The van der Waals surface area contributed by atoms with Crippen LogP contribution < -0.4 is 0 Å². The second kappa shape index (κ2) is 9.38. The number of benzene rings is 2. The molecule has 1 fully saturated rings. The zero-order chi connectivity index (χ0) is 24.6. The number of carbonyl (C=O) groups is 3. The molecule has 34 heavy (non-hydrogen) atoms. The lowest BCUT2D eigenvalue weighted by molar-refractivity contribution is -0.124. The number of hydrogen-bond donors (Lipinski definition) is 1. The van der Waals surface area contributed by atoms with Gasteiger partial charge in [0.2, 0.25) is 5.78 Å². The molecule has 0 radical (unpaired) electrons. The lowest BCUT2D eigenvalue weighted by Crippen LogP contribution is -2.53. The molecule has 2 aromatic carbocycles. The number of amides is 2. The van der Waals surface area contributed by atoms with Crippen LogP contribution in [0.1, 0.15) is 38.9 Å². The summed E-state index contributed by atoms with van der Waals surface area (Å²) in [7, 11) is 3.07. The van der Waals surface area contributed by atoms with Crippen LogP contribution in [0, 0.1) is 12.7 Å². The molecule has 8 heteroatoms. The Morgan fingerprint density at radius 3 is 2.44 bits per heavy atom. The van der Waals surface area contributed by atoms with E-state index >= 15 is 0 Å². The second-order valence-corrected chi connectivity index (χ2v) is 9.12. The summed E-state index contributed by atoms with van der Waals surface area (Å²) in [6.45, 7) is 6.52. The number of carbonyl (C=O) groups excluding carboxylic acids is 3. The molecule has 1 aliphatic heterocycles. The topological polar surface area (TPSA) is 76.7 Å². The molecule has 7 nitrogen and oxygen atoms in total. The van der Waals surface area contributed by atoms with Crippen molar-refractivity contribution in [2.75, 3.05) is 33.7 Å². The van der Waals surface area contributed by atoms with Crippen LogP contribution in [-0.2, 0) is 11.3 Å². The molecule has 1 aromatic heterocycles. The maximum atomic E-state index is 13.6. The SMILES string of the molecule is Cc1[nH]c2ccc(C(=O)C(=O)N(C)C)cc2c1C(=O)N1CCN(Cc2ccc(F)cc2)C[C@H]1C. The summed E-state index contributed by atoms with van der Waals surface area (Å²) in [6.07, 6.45) is 0. The second-order valence-electron chi connectivity index (χ2n) is 9.12. The number of likely N-dealkylation sites (N-methyl/N-ethyl adjacent to an activating group) is 1. The normalized spacial score (nSPS) is 16.6. The molecule has 0 aliphatic carbocycles. The number of aromatic nitrogens is 1. The summed E-state index contributed by atoms with van der Waals surface area (Å²) in [4.78, 5) is 46.9. The zero-order valence-corrected chi connectivity index (χ0v) is 19.9. The Hall–Kier alpha value is -3.52. The lowest BCUT2D eigenvalue weighted by atomic mass is 10.0. The van der Waals surface area contributed by atoms with E-state index in [4.69, 9.17) is 0 Å². The van der Waals surface area contributed by atoms with Gasteiger partial charge in [-0.3, -0.25) is 19.3 Å². The average molecular weight is 465 g/mol. The van der Waals surface area contributed by atoms with Gasteiger partial charge in [0, 0.05) is 68.5 Å². The highest BCUT2D eigenvalue weighted by molar-refractivity contribution is 6.43. The number of nitrogens with one attached hydrogen (secondary N) is 1. The number of Topliss-reactive ketones (excluding diaryl/α,β-unsaturated/α-hetero) is 1. The Morgan fingerprint density at radius 1 is 1.09 bits per heavy atom. The molecule has 3 aromatic rings. The molecule has 1 saturated heterocycles. The van der Waals surface area contributed by atoms with Gasteiger partial charge in [-0.2, -0.15) is 0 Å². The molecule has 2 amide bonds. The highest BCUT2D eigenvalue weighted by Crippen LogP contribution is 2.27. The van der Waals surface area contributed by atoms with Gasteiger partial charge in [-0.15, -0.1) is 0 Å². The summed E-state index contributed by atoms with van der Waals surface area (Å²) in [5.41, 5.74) is 3.30. The van der Waals surface area contributed by atoms with Gasteiger partial charge in [0.15, 0.2) is 0 Å². The lowest BCUT2D eigenvalue weighted by Gasteiger charge is -2.40. The van der Waals surface area contributed by atoms with Crippen LogP contribution >= 0.6 is 0 Å². The van der Waals surface area contributed by atoms with E-state index in [9.17, 15) is 18.8 Å². The number of nitrogens with zero attached hydrogens (tertiary/aromatic N) is 3. The zero-order valence-electron chi connectivity index (χ0n) is 19.9. The molecular weight excluding hydrogens is 435 g/mol. The number of aryl methyl sites for hydroxylation is 1. The van der Waals surface area contributed by atoms with Crippen molar-refractivity contribution in [2.24, 2.45) is 0 Å². The van der Waals surface area contributed by atoms with E-state index in [1.54, 1.807) is 30.3 Å². The van der Waals surface area contributed by atoms with E-state index in [1.807, 2.05) is 18.7 Å². The van der Waals surface area contributed by atoms with E-state index in [0.717, 1.165) is 16.8 Å². The van der Waals surface area contributed by atoms with E-state index in [0.29, 0.717) is 37.1 Å². The van der Waals surface area contributed by atoms with Crippen LogP contribution in [-0.4, -0.2) is 77.1 Å². The van der Waals surface area contributed by atoms with Crippen molar-refractivity contribution in [3.63, 3.8) is 0 Å². The standard InChI is InChI=1S/C26H29FN4O3/c1-16-14-30(15-18-5-8-20(27)9-6-18)11-12-31(16)25(33)23-17(2)28-22-10-7-19(13-21(22)23)24(32)26(34)29(3)4/h5-10,13,16,28H,11-12,14-15H2,1-4H3/t16-/m1/s1. The molecule has 0 unspecified atom stereocenters. The third-order valence-electron chi connectivity index (χ3n) is 6.35. The first kappa shape index (κ1) is 23.6. The number of aromatic amines is 1. The number of rotatable bonds is 5. The van der Waals surface area contributed by atoms with Crippen molar-refractivity contribution >= 4 is 28.5 Å². The minimum atomic E-state index is -0.606. The number of H-pyrrole nitrogens is 1. The third-order valence-corrected chi connectivity index (χ3v) is 6.35. The molecule has 1 aliphatic rings. The Kier molecular flexibility index (Phi) is 6.52. The summed E-state index contributed by atoms with van der Waals surface area (Å²) in [6, 6.07) is 11.4. The number of piperazine rings is 1. The van der Waals surface area contributed by atoms with Crippen LogP contribution in [0.3, 0.4) is 0 Å². The van der Waals surface area contributed by atoms with E-state index in [-0.39, 0.29) is 23.3 Å². The van der Waals surface area contributed by atoms with Gasteiger partial charge in [-0.1, -0.05) is 12.1 Å². The maximum absolute atomic E-state index is 13.6. The van der Waals surface area contributed by atoms with Gasteiger partial charge < -0.3 is 14.8 Å². The largest absolute Gasteiger partial charge is 0.358 e. The van der Waals surface area contributed by atoms with Crippen molar-refractivity contribution in [2.45, 2.75) is 26.4 Å². The predicted octanol–water partition coefficient (Wildman–Crippen LogP) is 3.23. The summed E-state index contributed by atoms with van der Waals surface area (Å²) < 4.78 is 13.2. The van der Waals surface area contributed by atoms with Crippen molar-refractivity contribution < 1.29 is 18.8 Å². The summed E-state index contributed by atoms with van der Waals surface area (Å²) in [5.74, 6) is -1.56. The minimum Gasteiger partial charge on any atom is -0.358 e. The fourth-order valence-electron chi connectivity index (χ4n) is 4.54. The van der Waals surface area contributed by atoms with Gasteiger partial charge in [0.25, 0.3) is 11.8 Å². The predicted molar refractivity (Wildman–Crippen MR) is 128 cm³/mol. The van der Waals surface area contributed by atoms with Crippen molar-refractivity contribution in [3.8, 4) is 0 Å². The molecule has 2 heterocycles. The quantitative estimate of drug-likeness (QED) is 0.465. The van der Waals surface area contributed by atoms with Crippen LogP contribution in [0.25, 0.3) is 10.9 Å². The first-order chi connectivity index (χ1) is 16.2. The molecule has 4 rings (SSSR count). The van der Waals surface area contributed by atoms with Crippen molar-refractivity contribution in [1.29, 1.82) is 0 Å². The molecule has 0 saturated carbocycles. The van der Waals surface area contributed by atoms with Gasteiger partial charge >= 0.3 is 0 Å². The number of hydrogen-bond acceptors (Lipinski definition) is 4. The van der Waals surface area contributed by atoms with Gasteiger partial charge in [-0.25, -0.2) is 4.39 Å². The molecular formula is C26H29FN4O3. The van der Waals surface area contributed by atoms with Crippen molar-refractivity contribution in [3.05, 3.63) is 70.7 Å². The highest BCUT2D eigenvalue weighted by atomic mass is 19.1. The Bertz CT molecular complexity index is 1250. The monoisotopic (exact) mass is 464 g/mol. The Balaban J connectivity index is 1.54. The third kappa shape index (κ3) is 4.59. The molecule has 0 bridgehead atoms. The fourth-order valence-corrected chi connectivity index (χ4v) is 4.54. The summed E-state index contributed by atoms with van der Waals surface area (Å²) in [5, 5.41) is 0.640. The molecule has 1 N–H and O–H groups in total. The van der Waals surface area contributed by atoms with E-state index in [1.165, 1.54) is 31.1 Å². The number of halogens is 1. The van der Waals surface area contributed by atoms with Crippen LogP contribution in [0.15, 0.2) is 42.5 Å². The molecule has 1 atom stereocenters.